The van der Waals surface area contributed by atoms with Gasteiger partial charge in [-0.15, -0.1) is 0 Å². The van der Waals surface area contributed by atoms with Gasteiger partial charge in [0.15, 0.2) is 0 Å². The lowest BCUT2D eigenvalue weighted by Crippen LogP contribution is -2.61. The number of rotatable bonds is 4. The van der Waals surface area contributed by atoms with Crippen LogP contribution in [0.3, 0.4) is 0 Å². The van der Waals surface area contributed by atoms with Crippen LogP contribution < -0.4 is 10.1 Å². The molecule has 4 aliphatic rings. The van der Waals surface area contributed by atoms with E-state index in [1.807, 2.05) is 11.1 Å². The summed E-state index contributed by atoms with van der Waals surface area (Å²) in [7, 11) is 2.23. The number of pyridine rings is 1. The number of nitrogens with one attached hydrogen (secondary N) is 1. The Balaban J connectivity index is 1.26. The van der Waals surface area contributed by atoms with Crippen molar-refractivity contribution in [1.29, 1.82) is 0 Å². The van der Waals surface area contributed by atoms with Crippen LogP contribution >= 0.6 is 0 Å². The van der Waals surface area contributed by atoms with E-state index in [9.17, 15) is 4.79 Å². The number of likely N-dealkylation sites (tertiary alicyclic amines) is 1. The van der Waals surface area contributed by atoms with Crippen LogP contribution in [0.25, 0.3) is 0 Å². The van der Waals surface area contributed by atoms with E-state index in [1.54, 1.807) is 0 Å². The number of anilines is 2. The number of carbonyl (C=O) groups excluding carboxylic acids is 1. The second-order valence-electron chi connectivity index (χ2n) is 11.2. The molecule has 202 valence electrons. The molecule has 3 fully saturated rings. The average Bonchev–Trinajstić information content (AvgIpc) is 3.21. The van der Waals surface area contributed by atoms with Gasteiger partial charge in [-0.25, -0.2) is 4.98 Å². The molecule has 3 saturated heterocycles. The van der Waals surface area contributed by atoms with Crippen LogP contribution in [0.2, 0.25) is 0 Å². The predicted octanol–water partition coefficient (Wildman–Crippen LogP) is 4.00. The molecule has 0 aliphatic carbocycles. The lowest BCUT2D eigenvalue weighted by atomic mass is 9.89. The highest BCUT2D eigenvalue weighted by Crippen LogP contribution is 2.41. The zero-order valence-corrected chi connectivity index (χ0v) is 22.6. The van der Waals surface area contributed by atoms with Crippen molar-refractivity contribution >= 4 is 17.4 Å². The molecule has 1 aromatic carbocycles. The fourth-order valence-electron chi connectivity index (χ4n) is 6.53. The summed E-state index contributed by atoms with van der Waals surface area (Å²) in [5.41, 5.74) is 5.92. The summed E-state index contributed by atoms with van der Waals surface area (Å²) < 4.78 is 12.1. The van der Waals surface area contributed by atoms with E-state index >= 15 is 0 Å². The Morgan fingerprint density at radius 2 is 2.00 bits per heavy atom. The highest BCUT2D eigenvalue weighted by atomic mass is 16.5. The summed E-state index contributed by atoms with van der Waals surface area (Å²) in [5, 5.41) is 3.66. The van der Waals surface area contributed by atoms with E-state index in [4.69, 9.17) is 14.5 Å². The van der Waals surface area contributed by atoms with E-state index in [0.29, 0.717) is 18.6 Å². The number of hydrogen-bond donors (Lipinski definition) is 1. The molecule has 2 aromatic rings. The molecule has 0 radical (unpaired) electrons. The fraction of sp³-hybridized carbons (Fsp3) is 0.533. The minimum absolute atomic E-state index is 0.0334. The van der Waals surface area contributed by atoms with E-state index in [2.05, 4.69) is 53.9 Å². The smallest absolute Gasteiger partial charge is 0.246 e. The van der Waals surface area contributed by atoms with Crippen molar-refractivity contribution in [2.75, 3.05) is 58.3 Å². The van der Waals surface area contributed by atoms with E-state index in [0.717, 1.165) is 93.6 Å². The minimum Gasteiger partial charge on any atom is -0.486 e. The van der Waals surface area contributed by atoms with Crippen molar-refractivity contribution in [3.63, 3.8) is 0 Å². The fourth-order valence-corrected chi connectivity index (χ4v) is 6.53. The molecule has 8 nitrogen and oxygen atoms in total. The molecule has 4 aliphatic heterocycles. The van der Waals surface area contributed by atoms with Crippen molar-refractivity contribution in [1.82, 2.24) is 19.7 Å². The van der Waals surface area contributed by atoms with Crippen molar-refractivity contribution in [2.24, 2.45) is 0 Å². The molecule has 1 atom stereocenters. The lowest BCUT2D eigenvalue weighted by Gasteiger charge is -2.45. The normalized spacial score (nSPS) is 23.2. The van der Waals surface area contributed by atoms with Crippen LogP contribution in [0.1, 0.15) is 53.5 Å². The number of carbonyl (C=O) groups is 1. The number of fused-ring (bicyclic) bond motifs is 2. The van der Waals surface area contributed by atoms with Crippen LogP contribution in [0.4, 0.5) is 11.5 Å². The van der Waals surface area contributed by atoms with E-state index in [1.165, 1.54) is 17.2 Å². The average molecular weight is 518 g/mol. The van der Waals surface area contributed by atoms with Crippen LogP contribution in [0.15, 0.2) is 37.1 Å². The first-order chi connectivity index (χ1) is 18.5. The Bertz CT molecular complexity index is 1200. The number of hydrogen-bond acceptors (Lipinski definition) is 7. The highest BCUT2D eigenvalue weighted by molar-refractivity contribution is 5.87. The van der Waals surface area contributed by atoms with Crippen molar-refractivity contribution in [3.05, 3.63) is 59.3 Å². The van der Waals surface area contributed by atoms with Gasteiger partial charge in [0, 0.05) is 56.7 Å². The molecule has 8 heteroatoms. The quantitative estimate of drug-likeness (QED) is 0.615. The number of ether oxygens (including phenoxy) is 2. The highest BCUT2D eigenvalue weighted by Gasteiger charge is 2.37. The van der Waals surface area contributed by atoms with Gasteiger partial charge in [0.05, 0.1) is 5.69 Å². The topological polar surface area (TPSA) is 70.2 Å². The van der Waals surface area contributed by atoms with E-state index < -0.39 is 0 Å². The Morgan fingerprint density at radius 3 is 2.79 bits per heavy atom. The third-order valence-corrected chi connectivity index (χ3v) is 8.81. The number of amides is 1. The number of aromatic nitrogens is 1. The third kappa shape index (κ3) is 4.81. The maximum absolute atomic E-state index is 12.0. The molecule has 1 N–H and O–H groups in total. The van der Waals surface area contributed by atoms with Gasteiger partial charge in [0.1, 0.15) is 18.2 Å². The molecule has 0 unspecified atom stereocenters. The molecule has 5 heterocycles. The number of aryl methyl sites for hydroxylation is 1. The third-order valence-electron chi connectivity index (χ3n) is 8.81. The van der Waals surface area contributed by atoms with Crippen LogP contribution in [0, 0.1) is 6.92 Å². The molecule has 1 amide bonds. The second-order valence-corrected chi connectivity index (χ2v) is 11.2. The van der Waals surface area contributed by atoms with Gasteiger partial charge in [0.2, 0.25) is 5.91 Å². The molecule has 6 rings (SSSR count). The van der Waals surface area contributed by atoms with Gasteiger partial charge in [-0.2, -0.15) is 0 Å². The predicted molar refractivity (Wildman–Crippen MR) is 148 cm³/mol. The first-order valence-corrected chi connectivity index (χ1v) is 14.0. The molecular formula is C30H39N5O3. The standard InChI is InChI=1S/C30H39N5O3/c1-4-28(36)35-16-23(17-35)34-11-5-10-33(3)27(18-34)22-14-20(2)29-26(15-22)32-30-25(19-38-29)24(6-9-31-30)21-7-12-37-13-8-21/h4,6,9,14-15,21,23,27H,1,5,7-8,10-13,16-19H2,2-3H3,(H,31,32)/t27-/m1/s1. The summed E-state index contributed by atoms with van der Waals surface area (Å²) in [6, 6.07) is 7.39. The second kappa shape index (κ2) is 10.7. The lowest BCUT2D eigenvalue weighted by molar-refractivity contribution is -0.133. The Hall–Kier alpha value is -2.94. The Morgan fingerprint density at radius 1 is 1.18 bits per heavy atom. The first kappa shape index (κ1) is 25.3. The summed E-state index contributed by atoms with van der Waals surface area (Å²) in [5.74, 6) is 2.33. The van der Waals surface area contributed by atoms with E-state index in [-0.39, 0.29) is 11.9 Å². The van der Waals surface area contributed by atoms with Crippen LogP contribution in [0.5, 0.6) is 5.75 Å². The van der Waals surface area contributed by atoms with Crippen molar-refractivity contribution in [3.8, 4) is 5.75 Å². The minimum atomic E-state index is 0.0334. The van der Waals surface area contributed by atoms with Crippen molar-refractivity contribution in [2.45, 2.75) is 50.8 Å². The maximum atomic E-state index is 12.0. The van der Waals surface area contributed by atoms with Crippen LogP contribution in [-0.4, -0.2) is 84.6 Å². The van der Waals surface area contributed by atoms with Gasteiger partial charge in [-0.3, -0.25) is 14.6 Å². The zero-order valence-electron chi connectivity index (χ0n) is 22.6. The molecule has 38 heavy (non-hydrogen) atoms. The summed E-state index contributed by atoms with van der Waals surface area (Å²) in [6.45, 7) is 12.5. The molecule has 0 bridgehead atoms. The Labute approximate surface area is 225 Å². The molecule has 0 spiro atoms. The summed E-state index contributed by atoms with van der Waals surface area (Å²) in [4.78, 5) is 23.6. The maximum Gasteiger partial charge on any atom is 0.246 e. The number of nitrogens with zero attached hydrogens (tertiary/aromatic N) is 4. The van der Waals surface area contributed by atoms with Crippen molar-refractivity contribution < 1.29 is 14.3 Å². The number of benzene rings is 1. The van der Waals surface area contributed by atoms with Gasteiger partial charge < -0.3 is 19.7 Å². The molecule has 0 saturated carbocycles. The zero-order chi connectivity index (χ0) is 26.2. The summed E-state index contributed by atoms with van der Waals surface area (Å²) >= 11 is 0. The number of likely N-dealkylation sites (N-methyl/N-ethyl adjacent to an activating group) is 1. The SMILES string of the molecule is C=CC(=O)N1CC(N2CCCN(C)[C@@H](c3cc(C)c4c(c3)Nc3nccc(C5CCOCC5)c3CO4)C2)C1. The van der Waals surface area contributed by atoms with Gasteiger partial charge in [-0.1, -0.05) is 12.6 Å². The van der Waals surface area contributed by atoms with Crippen LogP contribution in [-0.2, 0) is 16.1 Å². The Kier molecular flexibility index (Phi) is 7.12. The largest absolute Gasteiger partial charge is 0.486 e. The van der Waals surface area contributed by atoms with Gasteiger partial charge >= 0.3 is 0 Å². The van der Waals surface area contributed by atoms with Gasteiger partial charge in [0.25, 0.3) is 0 Å². The summed E-state index contributed by atoms with van der Waals surface area (Å²) in [6.07, 6.45) is 6.54. The molecular weight excluding hydrogens is 478 g/mol. The monoisotopic (exact) mass is 517 g/mol. The van der Waals surface area contributed by atoms with Gasteiger partial charge in [-0.05, 0) is 87.1 Å². The molecule has 1 aromatic heterocycles. The first-order valence-electron chi connectivity index (χ1n) is 14.0.